The second kappa shape index (κ2) is 6.88. The van der Waals surface area contributed by atoms with Gasteiger partial charge in [0, 0.05) is 13.1 Å². The van der Waals surface area contributed by atoms with E-state index in [4.69, 9.17) is 5.26 Å². The van der Waals surface area contributed by atoms with Gasteiger partial charge in [0.05, 0.1) is 17.8 Å². The number of nitriles is 1. The molecule has 2 rings (SSSR count). The lowest BCUT2D eigenvalue weighted by Gasteiger charge is -2.18. The Labute approximate surface area is 113 Å². The zero-order valence-corrected chi connectivity index (χ0v) is 10.9. The van der Waals surface area contributed by atoms with E-state index >= 15 is 0 Å². The molecule has 1 aromatic carbocycles. The van der Waals surface area contributed by atoms with E-state index < -0.39 is 0 Å². The molecule has 1 amide bonds. The number of rotatable bonds is 3. The summed E-state index contributed by atoms with van der Waals surface area (Å²) in [6.07, 6.45) is 1.06. The van der Waals surface area contributed by atoms with Crippen LogP contribution >= 0.6 is 0 Å². The number of hydrogen-bond acceptors (Lipinski definition) is 4. The zero-order valence-electron chi connectivity index (χ0n) is 10.9. The number of carbonyl (C=O) groups is 1. The maximum Gasteiger partial charge on any atom is 0.238 e. The predicted octanol–water partition coefficient (Wildman–Crippen LogP) is 0.792. The van der Waals surface area contributed by atoms with Crippen molar-refractivity contribution in [3.63, 3.8) is 0 Å². The molecule has 1 aliphatic heterocycles. The SMILES string of the molecule is N#Cc1ccccc1NC(=O)CN1CCCNCC1. The molecule has 1 fully saturated rings. The Kier molecular flexibility index (Phi) is 4.90. The Bertz CT molecular complexity index is 473. The molecule has 1 aromatic rings. The van der Waals surface area contributed by atoms with Crippen molar-refractivity contribution in [1.82, 2.24) is 10.2 Å². The number of para-hydroxylation sites is 1. The van der Waals surface area contributed by atoms with Crippen molar-refractivity contribution < 1.29 is 4.79 Å². The van der Waals surface area contributed by atoms with Crippen molar-refractivity contribution in [1.29, 1.82) is 5.26 Å². The molecule has 19 heavy (non-hydrogen) atoms. The van der Waals surface area contributed by atoms with Gasteiger partial charge in [-0.1, -0.05) is 12.1 Å². The summed E-state index contributed by atoms with van der Waals surface area (Å²) in [4.78, 5) is 14.1. The highest BCUT2D eigenvalue weighted by Crippen LogP contribution is 2.13. The molecule has 0 bridgehead atoms. The second-order valence-electron chi connectivity index (χ2n) is 4.59. The summed E-state index contributed by atoms with van der Waals surface area (Å²) in [6, 6.07) is 9.12. The van der Waals surface area contributed by atoms with Gasteiger partial charge in [0.15, 0.2) is 0 Å². The standard InChI is InChI=1S/C14H18N4O/c15-10-12-4-1-2-5-13(12)17-14(19)11-18-8-3-6-16-7-9-18/h1-2,4-5,16H,3,6-9,11H2,(H,17,19). The van der Waals surface area contributed by atoms with Gasteiger partial charge in [-0.25, -0.2) is 0 Å². The number of nitrogens with zero attached hydrogens (tertiary/aromatic N) is 2. The van der Waals surface area contributed by atoms with Crippen LogP contribution in [0.25, 0.3) is 0 Å². The smallest absolute Gasteiger partial charge is 0.238 e. The number of carbonyl (C=O) groups excluding carboxylic acids is 1. The molecule has 5 heteroatoms. The number of hydrogen-bond donors (Lipinski definition) is 2. The molecule has 0 aromatic heterocycles. The van der Waals surface area contributed by atoms with Crippen LogP contribution in [-0.2, 0) is 4.79 Å². The van der Waals surface area contributed by atoms with Crippen LogP contribution in [0, 0.1) is 11.3 Å². The predicted molar refractivity (Wildman–Crippen MR) is 73.7 cm³/mol. The molecule has 1 aliphatic rings. The number of benzene rings is 1. The van der Waals surface area contributed by atoms with E-state index in [1.807, 2.05) is 6.07 Å². The third kappa shape index (κ3) is 4.05. The van der Waals surface area contributed by atoms with Crippen molar-refractivity contribution in [2.24, 2.45) is 0 Å². The average molecular weight is 258 g/mol. The molecule has 2 N–H and O–H groups in total. The van der Waals surface area contributed by atoms with Crippen LogP contribution in [0.1, 0.15) is 12.0 Å². The minimum atomic E-state index is -0.0652. The monoisotopic (exact) mass is 258 g/mol. The number of anilines is 1. The fourth-order valence-corrected chi connectivity index (χ4v) is 2.14. The molecule has 0 radical (unpaired) electrons. The maximum absolute atomic E-state index is 12.0. The van der Waals surface area contributed by atoms with E-state index in [0.717, 1.165) is 32.6 Å². The summed E-state index contributed by atoms with van der Waals surface area (Å²) in [7, 11) is 0. The number of nitrogens with one attached hydrogen (secondary N) is 2. The van der Waals surface area contributed by atoms with Gasteiger partial charge < -0.3 is 10.6 Å². The quantitative estimate of drug-likeness (QED) is 0.841. The molecule has 0 aliphatic carbocycles. The third-order valence-corrected chi connectivity index (χ3v) is 3.12. The van der Waals surface area contributed by atoms with E-state index in [0.29, 0.717) is 17.8 Å². The van der Waals surface area contributed by atoms with Gasteiger partial charge >= 0.3 is 0 Å². The van der Waals surface area contributed by atoms with Gasteiger partial charge in [-0.3, -0.25) is 9.69 Å². The summed E-state index contributed by atoms with van der Waals surface area (Å²) < 4.78 is 0. The molecule has 100 valence electrons. The topological polar surface area (TPSA) is 68.2 Å². The molecule has 0 unspecified atom stereocenters. The first kappa shape index (κ1) is 13.5. The van der Waals surface area contributed by atoms with Crippen molar-refractivity contribution in [2.75, 3.05) is 38.0 Å². The van der Waals surface area contributed by atoms with E-state index in [1.165, 1.54) is 0 Å². The highest BCUT2D eigenvalue weighted by Gasteiger charge is 2.13. The van der Waals surface area contributed by atoms with Crippen LogP contribution in [0.5, 0.6) is 0 Å². The minimum Gasteiger partial charge on any atom is -0.324 e. The van der Waals surface area contributed by atoms with Crippen LogP contribution in [0.2, 0.25) is 0 Å². The molecular weight excluding hydrogens is 240 g/mol. The Morgan fingerprint density at radius 1 is 1.37 bits per heavy atom. The van der Waals surface area contributed by atoms with Crippen molar-refractivity contribution in [2.45, 2.75) is 6.42 Å². The van der Waals surface area contributed by atoms with Crippen molar-refractivity contribution >= 4 is 11.6 Å². The Morgan fingerprint density at radius 3 is 3.05 bits per heavy atom. The van der Waals surface area contributed by atoms with Crippen molar-refractivity contribution in [3.8, 4) is 6.07 Å². The Morgan fingerprint density at radius 2 is 2.21 bits per heavy atom. The van der Waals surface area contributed by atoms with Gasteiger partial charge in [0.1, 0.15) is 6.07 Å². The summed E-state index contributed by atoms with van der Waals surface area (Å²) in [5.41, 5.74) is 1.08. The number of amides is 1. The first-order valence-corrected chi connectivity index (χ1v) is 6.51. The van der Waals surface area contributed by atoms with Gasteiger partial charge in [0.25, 0.3) is 0 Å². The third-order valence-electron chi connectivity index (χ3n) is 3.12. The lowest BCUT2D eigenvalue weighted by atomic mass is 10.2. The van der Waals surface area contributed by atoms with Crippen LogP contribution in [0.3, 0.4) is 0 Å². The van der Waals surface area contributed by atoms with Crippen LogP contribution in [0.15, 0.2) is 24.3 Å². The van der Waals surface area contributed by atoms with Crippen LogP contribution in [0.4, 0.5) is 5.69 Å². The highest BCUT2D eigenvalue weighted by atomic mass is 16.2. The summed E-state index contributed by atoms with van der Waals surface area (Å²) in [5, 5.41) is 15.1. The van der Waals surface area contributed by atoms with Crippen molar-refractivity contribution in [3.05, 3.63) is 29.8 Å². The van der Waals surface area contributed by atoms with Gasteiger partial charge in [0.2, 0.25) is 5.91 Å². The minimum absolute atomic E-state index is 0.0652. The largest absolute Gasteiger partial charge is 0.324 e. The lowest BCUT2D eigenvalue weighted by molar-refractivity contribution is -0.117. The summed E-state index contributed by atoms with van der Waals surface area (Å²) >= 11 is 0. The maximum atomic E-state index is 12.0. The fraction of sp³-hybridized carbons (Fsp3) is 0.429. The van der Waals surface area contributed by atoms with Crippen LogP contribution < -0.4 is 10.6 Å². The normalized spacial score (nSPS) is 16.4. The molecular formula is C14H18N4O. The molecule has 0 spiro atoms. The first-order valence-electron chi connectivity index (χ1n) is 6.51. The first-order chi connectivity index (χ1) is 9.29. The summed E-state index contributed by atoms with van der Waals surface area (Å²) in [5.74, 6) is -0.0652. The molecule has 5 nitrogen and oxygen atoms in total. The van der Waals surface area contributed by atoms with Gasteiger partial charge in [-0.15, -0.1) is 0 Å². The fourth-order valence-electron chi connectivity index (χ4n) is 2.14. The average Bonchev–Trinajstić information content (AvgIpc) is 2.68. The van der Waals surface area contributed by atoms with E-state index in [1.54, 1.807) is 18.2 Å². The van der Waals surface area contributed by atoms with E-state index in [9.17, 15) is 4.79 Å². The second-order valence-corrected chi connectivity index (χ2v) is 4.59. The van der Waals surface area contributed by atoms with Gasteiger partial charge in [-0.2, -0.15) is 5.26 Å². The molecule has 0 atom stereocenters. The molecule has 1 heterocycles. The van der Waals surface area contributed by atoms with Crippen LogP contribution in [-0.4, -0.2) is 43.5 Å². The van der Waals surface area contributed by atoms with E-state index in [2.05, 4.69) is 21.6 Å². The van der Waals surface area contributed by atoms with E-state index in [-0.39, 0.29) is 5.91 Å². The zero-order chi connectivity index (χ0) is 13.5. The van der Waals surface area contributed by atoms with Gasteiger partial charge in [-0.05, 0) is 31.6 Å². The lowest BCUT2D eigenvalue weighted by Crippen LogP contribution is -2.35. The molecule has 1 saturated heterocycles. The highest BCUT2D eigenvalue weighted by molar-refractivity contribution is 5.93. The Balaban J connectivity index is 1.92. The molecule has 0 saturated carbocycles. The Hall–Kier alpha value is -1.90. The summed E-state index contributed by atoms with van der Waals surface area (Å²) in [6.45, 7) is 4.12.